The summed E-state index contributed by atoms with van der Waals surface area (Å²) in [5.74, 6) is 0. The number of nitrogens with one attached hydrogen (secondary N) is 1. The summed E-state index contributed by atoms with van der Waals surface area (Å²) in [6, 6.07) is 40.5. The van der Waals surface area contributed by atoms with Gasteiger partial charge >= 0.3 is 0 Å². The van der Waals surface area contributed by atoms with E-state index in [1.165, 1.54) is 21.5 Å². The van der Waals surface area contributed by atoms with Crippen molar-refractivity contribution >= 4 is 83.7 Å². The summed E-state index contributed by atoms with van der Waals surface area (Å²) in [4.78, 5) is 6.02. The summed E-state index contributed by atoms with van der Waals surface area (Å²) in [7, 11) is 0. The van der Waals surface area contributed by atoms with E-state index in [0.29, 0.717) is 0 Å². The molecule has 0 atom stereocenters. The second kappa shape index (κ2) is 9.00. The van der Waals surface area contributed by atoms with Crippen molar-refractivity contribution in [2.24, 2.45) is 0 Å². The molecule has 0 spiro atoms. The molecule has 0 saturated heterocycles. The average Bonchev–Trinajstić information content (AvgIpc) is 3.60. The third-order valence-corrected chi connectivity index (χ3v) is 8.12. The van der Waals surface area contributed by atoms with Gasteiger partial charge in [-0.05, 0) is 71.1 Å². The van der Waals surface area contributed by atoms with Gasteiger partial charge in [0.2, 0.25) is 0 Å². The molecule has 0 amide bonds. The molecule has 0 radical (unpaired) electrons. The zero-order valence-corrected chi connectivity index (χ0v) is 22.4. The summed E-state index contributed by atoms with van der Waals surface area (Å²) in [5.41, 5.74) is 9.44. The fraction of sp³-hybridized carbons (Fsp3) is 0. The summed E-state index contributed by atoms with van der Waals surface area (Å²) in [6.45, 7) is 7.99. The summed E-state index contributed by atoms with van der Waals surface area (Å²) in [5, 5.41) is 7.07. The molecule has 0 aliphatic heterocycles. The number of furan rings is 1. The quantitative estimate of drug-likeness (QED) is 0.242. The number of aromatic amines is 1. The van der Waals surface area contributed by atoms with Crippen molar-refractivity contribution in [2.75, 3.05) is 4.90 Å². The van der Waals surface area contributed by atoms with Crippen molar-refractivity contribution in [1.82, 2.24) is 4.98 Å². The smallest absolute Gasteiger partial charge is 0.136 e. The van der Waals surface area contributed by atoms with Crippen LogP contribution in [-0.2, 0) is 0 Å². The predicted octanol–water partition coefficient (Wildman–Crippen LogP) is 11.1. The van der Waals surface area contributed by atoms with E-state index in [1.54, 1.807) is 0 Å². The minimum Gasteiger partial charge on any atom is -0.456 e. The molecule has 0 aliphatic carbocycles. The van der Waals surface area contributed by atoms with E-state index in [9.17, 15) is 0 Å². The highest BCUT2D eigenvalue weighted by Gasteiger charge is 2.18. The first-order chi connectivity index (χ1) is 20.2. The van der Waals surface area contributed by atoms with Gasteiger partial charge in [0.15, 0.2) is 0 Å². The molecule has 194 valence electrons. The second-order valence-electron chi connectivity index (χ2n) is 10.4. The van der Waals surface area contributed by atoms with Gasteiger partial charge in [-0.3, -0.25) is 0 Å². The third-order valence-electron chi connectivity index (χ3n) is 8.12. The largest absolute Gasteiger partial charge is 0.456 e. The number of benzene rings is 6. The Morgan fingerprint density at radius 1 is 0.561 bits per heavy atom. The number of anilines is 3. The monoisotopic (exact) mass is 526 g/mol. The van der Waals surface area contributed by atoms with Gasteiger partial charge in [-0.15, -0.1) is 0 Å². The van der Waals surface area contributed by atoms with Crippen LogP contribution in [0.2, 0.25) is 0 Å². The van der Waals surface area contributed by atoms with E-state index in [2.05, 4.69) is 120 Å². The van der Waals surface area contributed by atoms with E-state index in [-0.39, 0.29) is 0 Å². The first-order valence-corrected chi connectivity index (χ1v) is 13.8. The van der Waals surface area contributed by atoms with Gasteiger partial charge in [0.25, 0.3) is 0 Å². The van der Waals surface area contributed by atoms with Crippen LogP contribution in [0.25, 0.3) is 66.7 Å². The highest BCUT2D eigenvalue weighted by atomic mass is 16.3. The van der Waals surface area contributed by atoms with Gasteiger partial charge < -0.3 is 14.3 Å². The Hall–Kier alpha value is -5.54. The molecule has 0 aliphatic rings. The number of nitrogens with zero attached hydrogens (tertiary/aromatic N) is 1. The zero-order valence-electron chi connectivity index (χ0n) is 22.4. The molecule has 1 N–H and O–H groups in total. The van der Waals surface area contributed by atoms with E-state index >= 15 is 0 Å². The summed E-state index contributed by atoms with van der Waals surface area (Å²) in [6.07, 6.45) is 3.76. The Bertz CT molecular complexity index is 2300. The van der Waals surface area contributed by atoms with Gasteiger partial charge in [-0.2, -0.15) is 0 Å². The fourth-order valence-corrected chi connectivity index (χ4v) is 6.22. The molecule has 2 heterocycles. The van der Waals surface area contributed by atoms with Crippen molar-refractivity contribution in [1.29, 1.82) is 0 Å². The van der Waals surface area contributed by atoms with Crippen molar-refractivity contribution in [2.45, 2.75) is 0 Å². The molecular weight excluding hydrogens is 500 g/mol. The van der Waals surface area contributed by atoms with E-state index in [1.807, 2.05) is 30.4 Å². The van der Waals surface area contributed by atoms with Crippen molar-refractivity contribution in [3.05, 3.63) is 140 Å². The highest BCUT2D eigenvalue weighted by Crippen LogP contribution is 2.42. The van der Waals surface area contributed by atoms with Crippen LogP contribution >= 0.6 is 0 Å². The molecule has 3 heteroatoms. The number of aromatic nitrogens is 1. The van der Waals surface area contributed by atoms with Crippen LogP contribution in [0.3, 0.4) is 0 Å². The molecule has 8 rings (SSSR count). The highest BCUT2D eigenvalue weighted by molar-refractivity contribution is 6.29. The predicted molar refractivity (Wildman–Crippen MR) is 175 cm³/mol. The van der Waals surface area contributed by atoms with Crippen molar-refractivity contribution in [3.63, 3.8) is 0 Å². The average molecular weight is 527 g/mol. The van der Waals surface area contributed by atoms with E-state index in [0.717, 1.165) is 61.2 Å². The van der Waals surface area contributed by atoms with Gasteiger partial charge in [-0.25, -0.2) is 0 Å². The van der Waals surface area contributed by atoms with Gasteiger partial charge in [0.05, 0.1) is 5.52 Å². The fourth-order valence-electron chi connectivity index (χ4n) is 6.22. The summed E-state index contributed by atoms with van der Waals surface area (Å²) >= 11 is 0. The SMILES string of the molecule is C=Cc1ccc(N(c2ccccc2)c2ccc3c(ccc4c3[nH]c3ccc5oc6ccccc6c5c34)c2)cc1C=C. The lowest BCUT2D eigenvalue weighted by Crippen LogP contribution is -2.10. The molecule has 8 aromatic rings. The van der Waals surface area contributed by atoms with Crippen LogP contribution in [0.5, 0.6) is 0 Å². The Balaban J connectivity index is 1.35. The Morgan fingerprint density at radius 2 is 1.32 bits per heavy atom. The molecule has 2 aromatic heterocycles. The number of rotatable bonds is 5. The topological polar surface area (TPSA) is 32.2 Å². The molecule has 0 fully saturated rings. The van der Waals surface area contributed by atoms with Gasteiger partial charge in [-0.1, -0.05) is 86.0 Å². The third kappa shape index (κ3) is 3.53. The molecule has 6 aromatic carbocycles. The second-order valence-corrected chi connectivity index (χ2v) is 10.4. The Kier molecular flexibility index (Phi) is 5.13. The number of hydrogen-bond donors (Lipinski definition) is 1. The maximum Gasteiger partial charge on any atom is 0.136 e. The van der Waals surface area contributed by atoms with Crippen LogP contribution < -0.4 is 4.90 Å². The molecule has 3 nitrogen and oxygen atoms in total. The standard InChI is InChI=1S/C38H26N2O/c1-3-24-14-16-28(22-25(24)4-2)40(27-10-6-5-7-11-27)29-17-19-30-26(23-29)15-18-32-36-33(39-38(30)32)20-21-35-37(36)31-12-8-9-13-34(31)41-35/h3-23,39H,1-2H2. The lowest BCUT2D eigenvalue weighted by molar-refractivity contribution is 0.669. The van der Waals surface area contributed by atoms with Crippen LogP contribution in [0.15, 0.2) is 133 Å². The van der Waals surface area contributed by atoms with Crippen LogP contribution in [0.4, 0.5) is 17.1 Å². The normalized spacial score (nSPS) is 11.6. The molecule has 0 unspecified atom stereocenters. The Morgan fingerprint density at radius 3 is 2.17 bits per heavy atom. The van der Waals surface area contributed by atoms with Crippen LogP contribution in [0, 0.1) is 0 Å². The van der Waals surface area contributed by atoms with E-state index in [4.69, 9.17) is 4.42 Å². The van der Waals surface area contributed by atoms with Crippen molar-refractivity contribution < 1.29 is 4.42 Å². The zero-order chi connectivity index (χ0) is 27.5. The minimum absolute atomic E-state index is 0.912. The van der Waals surface area contributed by atoms with Crippen LogP contribution in [0.1, 0.15) is 11.1 Å². The number of hydrogen-bond acceptors (Lipinski definition) is 2. The van der Waals surface area contributed by atoms with E-state index < -0.39 is 0 Å². The maximum atomic E-state index is 6.19. The van der Waals surface area contributed by atoms with Crippen molar-refractivity contribution in [3.8, 4) is 0 Å². The first-order valence-electron chi connectivity index (χ1n) is 13.8. The summed E-state index contributed by atoms with van der Waals surface area (Å²) < 4.78 is 6.19. The molecule has 0 bridgehead atoms. The molecular formula is C38H26N2O. The van der Waals surface area contributed by atoms with Crippen LogP contribution in [-0.4, -0.2) is 4.98 Å². The number of H-pyrrole nitrogens is 1. The van der Waals surface area contributed by atoms with Gasteiger partial charge in [0, 0.05) is 49.5 Å². The maximum absolute atomic E-state index is 6.19. The Labute approximate surface area is 237 Å². The lowest BCUT2D eigenvalue weighted by atomic mass is 10.0. The lowest BCUT2D eigenvalue weighted by Gasteiger charge is -2.26. The molecule has 41 heavy (non-hydrogen) atoms. The number of fused-ring (bicyclic) bond motifs is 9. The first kappa shape index (κ1) is 23.4. The van der Waals surface area contributed by atoms with Gasteiger partial charge in [0.1, 0.15) is 11.2 Å². The molecule has 0 saturated carbocycles. The number of para-hydroxylation sites is 2. The minimum atomic E-state index is 0.912.